The molecule has 0 saturated carbocycles. The Labute approximate surface area is 123 Å². The minimum absolute atomic E-state index is 0.312. The number of carboxylic acid groups (broad SMARTS) is 1. The molecule has 1 N–H and O–H groups in total. The van der Waals surface area contributed by atoms with Gasteiger partial charge in [-0.15, -0.1) is 0 Å². The quantitative estimate of drug-likeness (QED) is 0.910. The molecule has 0 aliphatic heterocycles. The van der Waals surface area contributed by atoms with Gasteiger partial charge in [0.15, 0.2) is 0 Å². The second-order valence-corrected chi connectivity index (χ2v) is 4.62. The molecule has 1 aromatic carbocycles. The van der Waals surface area contributed by atoms with Gasteiger partial charge >= 0.3 is 5.97 Å². The summed E-state index contributed by atoms with van der Waals surface area (Å²) < 4.78 is 0. The second kappa shape index (κ2) is 6.53. The Bertz CT molecular complexity index is 692. The molecular weight excluding hydrogens is 266 g/mol. The zero-order valence-electron chi connectivity index (χ0n) is 11.7. The molecule has 106 valence electrons. The number of aromatic carboxylic acids is 1. The fourth-order valence-corrected chi connectivity index (χ4v) is 2.13. The molecule has 2 rings (SSSR count). The fourth-order valence-electron chi connectivity index (χ4n) is 2.13. The number of hydrogen-bond acceptors (Lipinski definition) is 4. The van der Waals surface area contributed by atoms with Crippen LogP contribution < -0.4 is 4.90 Å². The maximum atomic E-state index is 11.2. The number of carboxylic acids is 1. The molecule has 0 bridgehead atoms. The van der Waals surface area contributed by atoms with Crippen LogP contribution in [-0.4, -0.2) is 29.7 Å². The number of nitriles is 1. The van der Waals surface area contributed by atoms with E-state index in [0.29, 0.717) is 29.9 Å². The number of rotatable bonds is 5. The van der Waals surface area contributed by atoms with E-state index in [9.17, 15) is 4.79 Å². The average Bonchev–Trinajstić information content (AvgIpc) is 2.52. The van der Waals surface area contributed by atoms with Crippen molar-refractivity contribution in [1.29, 1.82) is 5.26 Å². The zero-order valence-corrected chi connectivity index (χ0v) is 11.7. The van der Waals surface area contributed by atoms with Crippen molar-refractivity contribution >= 4 is 11.8 Å². The summed E-state index contributed by atoms with van der Waals surface area (Å²) in [6, 6.07) is 12.5. The smallest absolute Gasteiger partial charge is 0.335 e. The van der Waals surface area contributed by atoms with Crippen molar-refractivity contribution < 1.29 is 9.90 Å². The van der Waals surface area contributed by atoms with Crippen LogP contribution in [0.1, 0.15) is 21.5 Å². The van der Waals surface area contributed by atoms with Crippen LogP contribution in [0.5, 0.6) is 0 Å². The van der Waals surface area contributed by atoms with Crippen LogP contribution in [0.15, 0.2) is 42.6 Å². The Kier molecular flexibility index (Phi) is 4.52. The van der Waals surface area contributed by atoms with E-state index in [1.54, 1.807) is 36.5 Å². The molecule has 1 aromatic heterocycles. The van der Waals surface area contributed by atoms with Gasteiger partial charge in [0, 0.05) is 19.8 Å². The topological polar surface area (TPSA) is 77.2 Å². The SMILES string of the molecule is CN(CCc1ccccc1C(=O)O)c1ncccc1C#N. The van der Waals surface area contributed by atoms with Crippen molar-refractivity contribution in [3.8, 4) is 6.07 Å². The second-order valence-electron chi connectivity index (χ2n) is 4.62. The van der Waals surface area contributed by atoms with Gasteiger partial charge in [0.25, 0.3) is 0 Å². The van der Waals surface area contributed by atoms with Crippen LogP contribution in [0.3, 0.4) is 0 Å². The van der Waals surface area contributed by atoms with E-state index in [1.807, 2.05) is 18.0 Å². The molecule has 0 radical (unpaired) electrons. The van der Waals surface area contributed by atoms with Crippen molar-refractivity contribution in [1.82, 2.24) is 4.98 Å². The predicted molar refractivity (Wildman–Crippen MR) is 79.3 cm³/mol. The van der Waals surface area contributed by atoms with E-state index in [1.165, 1.54) is 0 Å². The average molecular weight is 281 g/mol. The van der Waals surface area contributed by atoms with Gasteiger partial charge in [-0.3, -0.25) is 0 Å². The van der Waals surface area contributed by atoms with Crippen LogP contribution in [0, 0.1) is 11.3 Å². The van der Waals surface area contributed by atoms with Crippen LogP contribution in [0.2, 0.25) is 0 Å². The Morgan fingerprint density at radius 1 is 1.33 bits per heavy atom. The molecule has 0 amide bonds. The summed E-state index contributed by atoms with van der Waals surface area (Å²) in [7, 11) is 1.84. The van der Waals surface area contributed by atoms with Crippen LogP contribution >= 0.6 is 0 Å². The van der Waals surface area contributed by atoms with E-state index in [4.69, 9.17) is 10.4 Å². The first-order chi connectivity index (χ1) is 10.1. The first-order valence-corrected chi connectivity index (χ1v) is 6.51. The van der Waals surface area contributed by atoms with Gasteiger partial charge < -0.3 is 10.0 Å². The van der Waals surface area contributed by atoms with Crippen molar-refractivity contribution in [2.75, 3.05) is 18.5 Å². The lowest BCUT2D eigenvalue weighted by molar-refractivity contribution is 0.0695. The highest BCUT2D eigenvalue weighted by atomic mass is 16.4. The Morgan fingerprint density at radius 2 is 2.10 bits per heavy atom. The number of aromatic nitrogens is 1. The lowest BCUT2D eigenvalue weighted by Gasteiger charge is -2.19. The summed E-state index contributed by atoms with van der Waals surface area (Å²) in [6.07, 6.45) is 2.21. The molecule has 5 nitrogen and oxygen atoms in total. The Morgan fingerprint density at radius 3 is 2.81 bits per heavy atom. The van der Waals surface area contributed by atoms with Gasteiger partial charge in [0.2, 0.25) is 0 Å². The van der Waals surface area contributed by atoms with Gasteiger partial charge in [-0.1, -0.05) is 18.2 Å². The standard InChI is InChI=1S/C16H15N3O2/c1-19(15-13(11-17)6-4-9-18-15)10-8-12-5-2-3-7-14(12)16(20)21/h2-7,9H,8,10H2,1H3,(H,20,21). The predicted octanol–water partition coefficient (Wildman–Crippen LogP) is 2.33. The monoisotopic (exact) mass is 281 g/mol. The lowest BCUT2D eigenvalue weighted by Crippen LogP contribution is -2.23. The molecule has 0 fully saturated rings. The van der Waals surface area contributed by atoms with E-state index in [-0.39, 0.29) is 0 Å². The normalized spacial score (nSPS) is 9.90. The van der Waals surface area contributed by atoms with Gasteiger partial charge in [0.1, 0.15) is 11.9 Å². The van der Waals surface area contributed by atoms with Gasteiger partial charge in [-0.05, 0) is 30.2 Å². The van der Waals surface area contributed by atoms with Crippen molar-refractivity contribution in [2.45, 2.75) is 6.42 Å². The number of hydrogen-bond donors (Lipinski definition) is 1. The summed E-state index contributed by atoms with van der Waals surface area (Å²) in [6.45, 7) is 0.579. The summed E-state index contributed by atoms with van der Waals surface area (Å²) in [5.41, 5.74) is 1.59. The minimum atomic E-state index is -0.927. The van der Waals surface area contributed by atoms with Crippen molar-refractivity contribution in [2.24, 2.45) is 0 Å². The van der Waals surface area contributed by atoms with E-state index in [2.05, 4.69) is 11.1 Å². The number of carbonyl (C=O) groups is 1. The van der Waals surface area contributed by atoms with Gasteiger partial charge in [0.05, 0.1) is 11.1 Å². The summed E-state index contributed by atoms with van der Waals surface area (Å²) in [4.78, 5) is 17.2. The number of anilines is 1. The van der Waals surface area contributed by atoms with E-state index >= 15 is 0 Å². The van der Waals surface area contributed by atoms with Crippen molar-refractivity contribution in [3.05, 3.63) is 59.3 Å². The fraction of sp³-hybridized carbons (Fsp3) is 0.188. The third-order valence-corrected chi connectivity index (χ3v) is 3.23. The van der Waals surface area contributed by atoms with Gasteiger partial charge in [-0.2, -0.15) is 5.26 Å². The summed E-state index contributed by atoms with van der Waals surface area (Å²) >= 11 is 0. The molecule has 5 heteroatoms. The van der Waals surface area contributed by atoms with E-state index < -0.39 is 5.97 Å². The largest absolute Gasteiger partial charge is 0.478 e. The highest BCUT2D eigenvalue weighted by Crippen LogP contribution is 2.16. The maximum absolute atomic E-state index is 11.2. The lowest BCUT2D eigenvalue weighted by atomic mass is 10.0. The molecule has 2 aromatic rings. The first-order valence-electron chi connectivity index (χ1n) is 6.51. The Hall–Kier alpha value is -2.87. The molecule has 0 aliphatic carbocycles. The minimum Gasteiger partial charge on any atom is -0.478 e. The molecule has 21 heavy (non-hydrogen) atoms. The first kappa shape index (κ1) is 14.5. The third-order valence-electron chi connectivity index (χ3n) is 3.23. The van der Waals surface area contributed by atoms with Crippen LogP contribution in [0.25, 0.3) is 0 Å². The number of pyridine rings is 1. The number of nitrogens with zero attached hydrogens (tertiary/aromatic N) is 3. The summed E-state index contributed by atoms with van der Waals surface area (Å²) in [5.74, 6) is -0.323. The highest BCUT2D eigenvalue weighted by Gasteiger charge is 2.12. The van der Waals surface area contributed by atoms with Crippen molar-refractivity contribution in [3.63, 3.8) is 0 Å². The number of benzene rings is 1. The molecule has 0 unspecified atom stereocenters. The molecule has 0 spiro atoms. The molecule has 0 aliphatic rings. The molecular formula is C16H15N3O2. The maximum Gasteiger partial charge on any atom is 0.335 e. The highest BCUT2D eigenvalue weighted by molar-refractivity contribution is 5.89. The summed E-state index contributed by atoms with van der Waals surface area (Å²) in [5, 5.41) is 18.2. The van der Waals surface area contributed by atoms with Crippen LogP contribution in [-0.2, 0) is 6.42 Å². The number of likely N-dealkylation sites (N-methyl/N-ethyl adjacent to an activating group) is 1. The zero-order chi connectivity index (χ0) is 15.2. The van der Waals surface area contributed by atoms with Crippen LogP contribution in [0.4, 0.5) is 5.82 Å². The molecule has 1 heterocycles. The molecule has 0 atom stereocenters. The van der Waals surface area contributed by atoms with E-state index in [0.717, 1.165) is 5.56 Å². The Balaban J connectivity index is 2.14. The molecule has 0 saturated heterocycles. The van der Waals surface area contributed by atoms with Gasteiger partial charge in [-0.25, -0.2) is 9.78 Å². The third kappa shape index (κ3) is 3.37.